The predicted molar refractivity (Wildman–Crippen MR) is 112 cm³/mol. The highest BCUT2D eigenvalue weighted by atomic mass is 16.7. The van der Waals surface area contributed by atoms with Gasteiger partial charge in [-0.25, -0.2) is 4.79 Å². The molecule has 2 saturated carbocycles. The molecule has 0 aromatic heterocycles. The third-order valence-corrected chi connectivity index (χ3v) is 6.67. The van der Waals surface area contributed by atoms with Gasteiger partial charge in [-0.1, -0.05) is 32.3 Å². The van der Waals surface area contributed by atoms with Crippen molar-refractivity contribution in [2.75, 3.05) is 6.61 Å². The van der Waals surface area contributed by atoms with Crippen molar-refractivity contribution in [1.29, 1.82) is 0 Å². The maximum Gasteiger partial charge on any atom is 0.356 e. The smallest absolute Gasteiger partial charge is 0.356 e. The van der Waals surface area contributed by atoms with Crippen LogP contribution in [0, 0.1) is 23.7 Å². The SMILES string of the molecule is CCOC(=O)/C(=N\OC1CCCC1)[C@@H]1CC(=O)O[C@H]1O[C@H]1C[C@@H](C)CC[C@@H]1C(C)C. The second-order valence-corrected chi connectivity index (χ2v) is 9.38. The van der Waals surface area contributed by atoms with E-state index >= 15 is 0 Å². The van der Waals surface area contributed by atoms with Crippen LogP contribution in [0.1, 0.15) is 79.1 Å². The van der Waals surface area contributed by atoms with E-state index in [0.29, 0.717) is 17.8 Å². The van der Waals surface area contributed by atoms with Gasteiger partial charge in [-0.05, 0) is 63.2 Å². The molecule has 7 heteroatoms. The first-order valence-corrected chi connectivity index (χ1v) is 11.6. The predicted octanol–water partition coefficient (Wildman–Crippen LogP) is 4.23. The molecule has 2 aliphatic carbocycles. The zero-order valence-electron chi connectivity index (χ0n) is 18.8. The van der Waals surface area contributed by atoms with Gasteiger partial charge in [0.15, 0.2) is 5.71 Å². The largest absolute Gasteiger partial charge is 0.461 e. The monoisotopic (exact) mass is 423 g/mol. The van der Waals surface area contributed by atoms with E-state index in [4.69, 9.17) is 19.0 Å². The quantitative estimate of drug-likeness (QED) is 0.330. The fraction of sp³-hybridized carbons (Fsp3) is 0.870. The van der Waals surface area contributed by atoms with Crippen molar-refractivity contribution < 1.29 is 28.6 Å². The first-order chi connectivity index (χ1) is 14.4. The molecule has 3 fully saturated rings. The van der Waals surface area contributed by atoms with Crippen molar-refractivity contribution in [3.8, 4) is 0 Å². The first kappa shape index (κ1) is 23.0. The third kappa shape index (κ3) is 5.74. The summed E-state index contributed by atoms with van der Waals surface area (Å²) in [5.41, 5.74) is 0.101. The number of carbonyl (C=O) groups excluding carboxylic acids is 2. The Morgan fingerprint density at radius 3 is 2.60 bits per heavy atom. The summed E-state index contributed by atoms with van der Waals surface area (Å²) in [7, 11) is 0. The maximum absolute atomic E-state index is 12.6. The lowest BCUT2D eigenvalue weighted by Crippen LogP contribution is -2.41. The van der Waals surface area contributed by atoms with Crippen molar-refractivity contribution >= 4 is 17.7 Å². The van der Waals surface area contributed by atoms with Gasteiger partial charge in [0.25, 0.3) is 0 Å². The van der Waals surface area contributed by atoms with Gasteiger partial charge in [0.05, 0.1) is 25.0 Å². The van der Waals surface area contributed by atoms with Crippen molar-refractivity contribution in [3.05, 3.63) is 0 Å². The number of rotatable bonds is 8. The van der Waals surface area contributed by atoms with Crippen LogP contribution in [0.25, 0.3) is 0 Å². The first-order valence-electron chi connectivity index (χ1n) is 11.6. The Kier molecular flexibility index (Phi) is 8.14. The summed E-state index contributed by atoms with van der Waals surface area (Å²) in [5.74, 6) is -0.120. The molecule has 1 saturated heterocycles. The zero-order valence-corrected chi connectivity index (χ0v) is 18.8. The molecule has 0 aromatic rings. The van der Waals surface area contributed by atoms with Crippen molar-refractivity contribution in [3.63, 3.8) is 0 Å². The second-order valence-electron chi connectivity index (χ2n) is 9.38. The Morgan fingerprint density at radius 2 is 1.93 bits per heavy atom. The fourth-order valence-electron chi connectivity index (χ4n) is 4.91. The maximum atomic E-state index is 12.6. The Bertz CT molecular complexity index is 627. The van der Waals surface area contributed by atoms with Gasteiger partial charge < -0.3 is 19.0 Å². The van der Waals surface area contributed by atoms with Gasteiger partial charge in [-0.2, -0.15) is 0 Å². The van der Waals surface area contributed by atoms with E-state index in [0.717, 1.165) is 38.5 Å². The molecule has 0 radical (unpaired) electrons. The van der Waals surface area contributed by atoms with Crippen LogP contribution < -0.4 is 0 Å². The lowest BCUT2D eigenvalue weighted by Gasteiger charge is -2.38. The molecular weight excluding hydrogens is 386 g/mol. The number of nitrogens with zero attached hydrogens (tertiary/aromatic N) is 1. The molecule has 0 aromatic carbocycles. The molecule has 3 aliphatic rings. The molecule has 30 heavy (non-hydrogen) atoms. The van der Waals surface area contributed by atoms with Gasteiger partial charge in [0.1, 0.15) is 6.10 Å². The molecule has 0 N–H and O–H groups in total. The Labute approximate surface area is 179 Å². The average Bonchev–Trinajstić information content (AvgIpc) is 3.32. The normalized spacial score (nSPS) is 33.0. The van der Waals surface area contributed by atoms with Crippen LogP contribution in [0.2, 0.25) is 0 Å². The second kappa shape index (κ2) is 10.6. The van der Waals surface area contributed by atoms with E-state index in [1.54, 1.807) is 6.92 Å². The third-order valence-electron chi connectivity index (χ3n) is 6.67. The standard InChI is InChI=1S/C23H37NO6/c1-5-27-22(26)21(24-30-16-8-6-7-9-16)18-13-20(25)29-23(18)28-19-12-15(4)10-11-17(19)14(2)3/h14-19,23H,5-13H2,1-4H3/b24-21-/t15-,17+,18-,19-,23+/m0/s1. The minimum absolute atomic E-state index is 0.00801. The molecule has 1 aliphatic heterocycles. The summed E-state index contributed by atoms with van der Waals surface area (Å²) in [5, 5.41) is 4.18. The number of hydrogen-bond acceptors (Lipinski definition) is 7. The lowest BCUT2D eigenvalue weighted by molar-refractivity contribution is -0.191. The van der Waals surface area contributed by atoms with Crippen molar-refractivity contribution in [2.24, 2.45) is 28.8 Å². The summed E-state index contributed by atoms with van der Waals surface area (Å²) in [6, 6.07) is 0. The molecule has 0 amide bonds. The number of carbonyl (C=O) groups is 2. The van der Waals surface area contributed by atoms with Gasteiger partial charge >= 0.3 is 11.9 Å². The lowest BCUT2D eigenvalue weighted by atomic mass is 9.75. The van der Waals surface area contributed by atoms with Gasteiger partial charge in [-0.15, -0.1) is 0 Å². The summed E-state index contributed by atoms with van der Waals surface area (Å²) >= 11 is 0. The highest BCUT2D eigenvalue weighted by molar-refractivity contribution is 6.37. The molecule has 5 atom stereocenters. The number of oxime groups is 1. The molecule has 0 spiro atoms. The molecule has 0 bridgehead atoms. The molecule has 1 heterocycles. The van der Waals surface area contributed by atoms with Crippen molar-refractivity contribution in [1.82, 2.24) is 0 Å². The molecule has 3 rings (SSSR count). The van der Waals surface area contributed by atoms with Crippen LogP contribution in [-0.2, 0) is 28.6 Å². The molecular formula is C23H37NO6. The van der Waals surface area contributed by atoms with Crippen LogP contribution >= 0.6 is 0 Å². The summed E-state index contributed by atoms with van der Waals surface area (Å²) in [6.07, 6.45) is 6.47. The van der Waals surface area contributed by atoms with E-state index in [9.17, 15) is 9.59 Å². The van der Waals surface area contributed by atoms with Crippen LogP contribution in [0.5, 0.6) is 0 Å². The van der Waals surface area contributed by atoms with Crippen LogP contribution in [0.15, 0.2) is 5.16 Å². The fourth-order valence-corrected chi connectivity index (χ4v) is 4.91. The van der Waals surface area contributed by atoms with Gasteiger partial charge in [0.2, 0.25) is 6.29 Å². The van der Waals surface area contributed by atoms with Crippen molar-refractivity contribution in [2.45, 2.75) is 97.6 Å². The van der Waals surface area contributed by atoms with E-state index < -0.39 is 18.2 Å². The van der Waals surface area contributed by atoms with E-state index in [1.165, 1.54) is 6.42 Å². The Morgan fingerprint density at radius 1 is 1.20 bits per heavy atom. The highest BCUT2D eigenvalue weighted by Gasteiger charge is 2.46. The summed E-state index contributed by atoms with van der Waals surface area (Å²) in [4.78, 5) is 30.5. The van der Waals surface area contributed by atoms with E-state index in [2.05, 4.69) is 25.9 Å². The highest BCUT2D eigenvalue weighted by Crippen LogP contribution is 2.38. The summed E-state index contributed by atoms with van der Waals surface area (Å²) in [6.45, 7) is 8.61. The summed E-state index contributed by atoms with van der Waals surface area (Å²) < 4.78 is 17.1. The Hall–Kier alpha value is -1.63. The minimum Gasteiger partial charge on any atom is -0.461 e. The van der Waals surface area contributed by atoms with Crippen LogP contribution in [0.3, 0.4) is 0 Å². The minimum atomic E-state index is -0.829. The van der Waals surface area contributed by atoms with Crippen LogP contribution in [-0.4, -0.2) is 42.8 Å². The van der Waals surface area contributed by atoms with E-state index in [-0.39, 0.29) is 36.9 Å². The zero-order chi connectivity index (χ0) is 21.7. The number of hydrogen-bond donors (Lipinski definition) is 0. The molecule has 7 nitrogen and oxygen atoms in total. The number of ether oxygens (including phenoxy) is 3. The Balaban J connectivity index is 1.77. The number of esters is 2. The average molecular weight is 424 g/mol. The molecule has 170 valence electrons. The topological polar surface area (TPSA) is 83.4 Å². The van der Waals surface area contributed by atoms with Gasteiger partial charge in [0, 0.05) is 0 Å². The molecule has 0 unspecified atom stereocenters. The van der Waals surface area contributed by atoms with Gasteiger partial charge in [-0.3, -0.25) is 4.79 Å². The number of cyclic esters (lactones) is 1. The van der Waals surface area contributed by atoms with Crippen LogP contribution in [0.4, 0.5) is 0 Å². The van der Waals surface area contributed by atoms with E-state index in [1.807, 2.05) is 0 Å².